The van der Waals surface area contributed by atoms with Crippen molar-refractivity contribution in [2.45, 2.75) is 13.3 Å². The molecule has 0 atom stereocenters. The third-order valence-electron chi connectivity index (χ3n) is 2.27. The summed E-state index contributed by atoms with van der Waals surface area (Å²) in [5.74, 6) is 0.495. The van der Waals surface area contributed by atoms with Gasteiger partial charge in [-0.15, -0.1) is 0 Å². The van der Waals surface area contributed by atoms with Gasteiger partial charge in [-0.1, -0.05) is 6.07 Å². The van der Waals surface area contributed by atoms with E-state index in [4.69, 9.17) is 0 Å². The lowest BCUT2D eigenvalue weighted by Gasteiger charge is -2.04. The molecule has 0 bridgehead atoms. The van der Waals surface area contributed by atoms with E-state index in [1.807, 2.05) is 31.2 Å². The second-order valence-corrected chi connectivity index (χ2v) is 3.80. The van der Waals surface area contributed by atoms with Crippen molar-refractivity contribution in [3.63, 3.8) is 0 Å². The molecule has 0 aliphatic heterocycles. The summed E-state index contributed by atoms with van der Waals surface area (Å²) in [7, 11) is 0. The second-order valence-electron chi connectivity index (χ2n) is 3.80. The van der Waals surface area contributed by atoms with E-state index < -0.39 is 0 Å². The van der Waals surface area contributed by atoms with Crippen LogP contribution in [0.2, 0.25) is 0 Å². The minimum Gasteiger partial charge on any atom is -0.310 e. The molecule has 0 saturated heterocycles. The van der Waals surface area contributed by atoms with Crippen LogP contribution in [-0.2, 0) is 11.2 Å². The van der Waals surface area contributed by atoms with Crippen LogP contribution < -0.4 is 5.32 Å². The maximum atomic E-state index is 11.7. The zero-order valence-electron chi connectivity index (χ0n) is 9.55. The zero-order valence-corrected chi connectivity index (χ0v) is 9.55. The maximum Gasteiger partial charge on any atom is 0.230 e. The van der Waals surface area contributed by atoms with E-state index in [-0.39, 0.29) is 5.91 Å². The van der Waals surface area contributed by atoms with Crippen LogP contribution in [0.3, 0.4) is 0 Å². The summed E-state index contributed by atoms with van der Waals surface area (Å²) < 4.78 is 0. The summed E-state index contributed by atoms with van der Waals surface area (Å²) >= 11 is 0. The van der Waals surface area contributed by atoms with Gasteiger partial charge in [-0.25, -0.2) is 4.98 Å². The first kappa shape index (κ1) is 11.3. The fourth-order valence-electron chi connectivity index (χ4n) is 1.48. The number of nitrogens with zero attached hydrogens (tertiary/aromatic N) is 2. The first-order valence-corrected chi connectivity index (χ1v) is 5.35. The van der Waals surface area contributed by atoms with Crippen molar-refractivity contribution >= 4 is 11.7 Å². The van der Waals surface area contributed by atoms with Gasteiger partial charge in [-0.2, -0.15) is 0 Å². The Bertz CT molecular complexity index is 511. The number of aryl methyl sites for hydroxylation is 1. The van der Waals surface area contributed by atoms with E-state index in [2.05, 4.69) is 15.3 Å². The van der Waals surface area contributed by atoms with Gasteiger partial charge in [0.05, 0.1) is 6.42 Å². The molecule has 86 valence electrons. The highest BCUT2D eigenvalue weighted by molar-refractivity contribution is 5.91. The molecular formula is C13H13N3O. The zero-order chi connectivity index (χ0) is 12.1. The average Bonchev–Trinajstić information content (AvgIpc) is 2.30. The summed E-state index contributed by atoms with van der Waals surface area (Å²) in [6, 6.07) is 7.40. The molecule has 0 spiro atoms. The largest absolute Gasteiger partial charge is 0.310 e. The molecule has 17 heavy (non-hydrogen) atoms. The number of anilines is 1. The third kappa shape index (κ3) is 3.38. The predicted octanol–water partition coefficient (Wildman–Crippen LogP) is 1.97. The molecule has 4 heteroatoms. The average molecular weight is 227 g/mol. The Morgan fingerprint density at radius 3 is 2.94 bits per heavy atom. The lowest BCUT2D eigenvalue weighted by molar-refractivity contribution is -0.115. The number of pyridine rings is 2. The first-order valence-electron chi connectivity index (χ1n) is 5.35. The molecule has 0 unspecified atom stereocenters. The Kier molecular flexibility index (Phi) is 3.45. The van der Waals surface area contributed by atoms with Crippen molar-refractivity contribution < 1.29 is 4.79 Å². The van der Waals surface area contributed by atoms with Crippen LogP contribution in [0.5, 0.6) is 0 Å². The SMILES string of the molecule is Cc1ccnc(NC(=O)Cc2cccnc2)c1. The van der Waals surface area contributed by atoms with E-state index >= 15 is 0 Å². The van der Waals surface area contributed by atoms with Crippen molar-refractivity contribution in [2.24, 2.45) is 0 Å². The summed E-state index contributed by atoms with van der Waals surface area (Å²) in [6.45, 7) is 1.96. The standard InChI is InChI=1S/C13H13N3O/c1-10-4-6-15-12(7-10)16-13(17)8-11-3-2-5-14-9-11/h2-7,9H,8H2,1H3,(H,15,16,17). The molecule has 0 radical (unpaired) electrons. The van der Waals surface area contributed by atoms with Gasteiger partial charge in [0.2, 0.25) is 5.91 Å². The maximum absolute atomic E-state index is 11.7. The predicted molar refractivity (Wildman–Crippen MR) is 65.5 cm³/mol. The molecule has 0 fully saturated rings. The Morgan fingerprint density at radius 2 is 2.24 bits per heavy atom. The third-order valence-corrected chi connectivity index (χ3v) is 2.27. The molecule has 4 nitrogen and oxygen atoms in total. The number of carbonyl (C=O) groups excluding carboxylic acids is 1. The lowest BCUT2D eigenvalue weighted by Crippen LogP contribution is -2.15. The monoisotopic (exact) mass is 227 g/mol. The number of amides is 1. The summed E-state index contributed by atoms with van der Waals surface area (Å²) in [5, 5.41) is 2.75. The Morgan fingerprint density at radius 1 is 1.35 bits per heavy atom. The molecule has 2 heterocycles. The summed E-state index contributed by atoms with van der Waals surface area (Å²) in [5.41, 5.74) is 1.95. The first-order chi connectivity index (χ1) is 8.24. The van der Waals surface area contributed by atoms with E-state index in [0.717, 1.165) is 11.1 Å². The van der Waals surface area contributed by atoms with Gasteiger partial charge in [0.1, 0.15) is 5.82 Å². The Balaban J connectivity index is 1.98. The lowest BCUT2D eigenvalue weighted by atomic mass is 10.2. The van der Waals surface area contributed by atoms with Gasteiger partial charge >= 0.3 is 0 Å². The Labute approximate surface area is 99.7 Å². The van der Waals surface area contributed by atoms with Gasteiger partial charge < -0.3 is 5.32 Å². The highest BCUT2D eigenvalue weighted by Gasteiger charge is 2.04. The molecule has 2 rings (SSSR count). The molecule has 1 N–H and O–H groups in total. The van der Waals surface area contributed by atoms with Gasteiger partial charge in [-0.3, -0.25) is 9.78 Å². The summed E-state index contributed by atoms with van der Waals surface area (Å²) in [4.78, 5) is 19.8. The van der Waals surface area contributed by atoms with Gasteiger partial charge in [0, 0.05) is 18.6 Å². The van der Waals surface area contributed by atoms with Crippen molar-refractivity contribution in [1.29, 1.82) is 0 Å². The van der Waals surface area contributed by atoms with Crippen molar-refractivity contribution in [3.8, 4) is 0 Å². The number of hydrogen-bond acceptors (Lipinski definition) is 3. The van der Waals surface area contributed by atoms with E-state index in [0.29, 0.717) is 12.2 Å². The Hall–Kier alpha value is -2.23. The highest BCUT2D eigenvalue weighted by Crippen LogP contribution is 2.06. The quantitative estimate of drug-likeness (QED) is 0.872. The van der Waals surface area contributed by atoms with Crippen molar-refractivity contribution in [3.05, 3.63) is 54.0 Å². The van der Waals surface area contributed by atoms with Crippen molar-refractivity contribution in [1.82, 2.24) is 9.97 Å². The smallest absolute Gasteiger partial charge is 0.230 e. The molecular weight excluding hydrogens is 214 g/mol. The van der Waals surface area contributed by atoms with E-state index in [9.17, 15) is 4.79 Å². The molecule has 1 amide bonds. The normalized spacial score (nSPS) is 9.94. The molecule has 2 aromatic heterocycles. The fraction of sp³-hybridized carbons (Fsp3) is 0.154. The molecule has 0 aromatic carbocycles. The van der Waals surface area contributed by atoms with Crippen LogP contribution in [0.4, 0.5) is 5.82 Å². The minimum atomic E-state index is -0.0869. The van der Waals surface area contributed by atoms with Crippen LogP contribution in [0.15, 0.2) is 42.9 Å². The van der Waals surface area contributed by atoms with E-state index in [1.54, 1.807) is 18.6 Å². The number of aromatic nitrogens is 2. The van der Waals surface area contributed by atoms with Crippen LogP contribution in [0.1, 0.15) is 11.1 Å². The van der Waals surface area contributed by atoms with Crippen LogP contribution in [-0.4, -0.2) is 15.9 Å². The van der Waals surface area contributed by atoms with Gasteiger partial charge in [-0.05, 0) is 36.2 Å². The van der Waals surface area contributed by atoms with Gasteiger partial charge in [0.15, 0.2) is 0 Å². The summed E-state index contributed by atoms with van der Waals surface area (Å²) in [6.07, 6.45) is 5.35. The van der Waals surface area contributed by atoms with Crippen LogP contribution in [0, 0.1) is 6.92 Å². The highest BCUT2D eigenvalue weighted by atomic mass is 16.1. The molecule has 2 aromatic rings. The topological polar surface area (TPSA) is 54.9 Å². The van der Waals surface area contributed by atoms with Gasteiger partial charge in [0.25, 0.3) is 0 Å². The van der Waals surface area contributed by atoms with Crippen molar-refractivity contribution in [2.75, 3.05) is 5.32 Å². The molecule has 0 saturated carbocycles. The second kappa shape index (κ2) is 5.21. The number of nitrogens with one attached hydrogen (secondary N) is 1. The fourth-order valence-corrected chi connectivity index (χ4v) is 1.48. The van der Waals surface area contributed by atoms with Crippen LogP contribution >= 0.6 is 0 Å². The van der Waals surface area contributed by atoms with Crippen LogP contribution in [0.25, 0.3) is 0 Å². The molecule has 0 aliphatic carbocycles. The number of carbonyl (C=O) groups is 1. The molecule has 0 aliphatic rings. The number of hydrogen-bond donors (Lipinski definition) is 1. The van der Waals surface area contributed by atoms with E-state index in [1.165, 1.54) is 0 Å². The number of rotatable bonds is 3. The minimum absolute atomic E-state index is 0.0869.